The van der Waals surface area contributed by atoms with E-state index in [1.165, 1.54) is 0 Å². The molecule has 100 valence electrons. The number of hydrogen-bond donors (Lipinski definition) is 0. The Kier molecular flexibility index (Phi) is 4.47. The van der Waals surface area contributed by atoms with E-state index in [-0.39, 0.29) is 5.91 Å². The van der Waals surface area contributed by atoms with Crippen LogP contribution in [-0.4, -0.2) is 22.4 Å². The summed E-state index contributed by atoms with van der Waals surface area (Å²) in [4.78, 5) is 14.1. The summed E-state index contributed by atoms with van der Waals surface area (Å²) in [7, 11) is 3.68. The van der Waals surface area contributed by atoms with E-state index in [2.05, 4.69) is 31.9 Å². The van der Waals surface area contributed by atoms with Crippen LogP contribution in [0.2, 0.25) is 0 Å². The molecule has 2 aromatic rings. The second-order valence-electron chi connectivity index (χ2n) is 4.45. The first-order valence-corrected chi connectivity index (χ1v) is 7.38. The van der Waals surface area contributed by atoms with Gasteiger partial charge < -0.3 is 9.47 Å². The van der Waals surface area contributed by atoms with E-state index in [0.717, 1.165) is 14.5 Å². The minimum Gasteiger partial charge on any atom is -0.345 e. The van der Waals surface area contributed by atoms with Crippen LogP contribution in [0.15, 0.2) is 45.5 Å². The van der Waals surface area contributed by atoms with Crippen molar-refractivity contribution in [1.29, 1.82) is 0 Å². The van der Waals surface area contributed by atoms with Crippen LogP contribution in [0.5, 0.6) is 0 Å². The number of rotatable bonds is 3. The first-order valence-electron chi connectivity index (χ1n) is 5.79. The summed E-state index contributed by atoms with van der Waals surface area (Å²) in [5.41, 5.74) is 1.77. The fourth-order valence-electron chi connectivity index (χ4n) is 1.91. The molecule has 0 spiro atoms. The third-order valence-corrected chi connectivity index (χ3v) is 3.77. The molecule has 1 heterocycles. The standard InChI is InChI=1S/C14H14Br2N2O/c1-17-9-12(16)7-13(17)14(19)18(2)8-10-4-3-5-11(15)6-10/h3-7,9H,8H2,1-2H3. The normalized spacial score (nSPS) is 10.5. The first kappa shape index (κ1) is 14.3. The Bertz CT molecular complexity index is 607. The molecule has 2 rings (SSSR count). The summed E-state index contributed by atoms with van der Waals surface area (Å²) in [6, 6.07) is 9.80. The number of carbonyl (C=O) groups excluding carboxylic acids is 1. The maximum atomic E-state index is 12.3. The Morgan fingerprint density at radius 3 is 2.58 bits per heavy atom. The molecule has 0 saturated heterocycles. The van der Waals surface area contributed by atoms with Crippen molar-refractivity contribution >= 4 is 37.8 Å². The van der Waals surface area contributed by atoms with E-state index in [0.29, 0.717) is 12.2 Å². The number of aromatic nitrogens is 1. The molecular weight excluding hydrogens is 372 g/mol. The van der Waals surface area contributed by atoms with Gasteiger partial charge in [-0.2, -0.15) is 0 Å². The molecular formula is C14H14Br2N2O. The Morgan fingerprint density at radius 2 is 2.00 bits per heavy atom. The van der Waals surface area contributed by atoms with Gasteiger partial charge in [0.05, 0.1) is 0 Å². The lowest BCUT2D eigenvalue weighted by atomic mass is 10.2. The highest BCUT2D eigenvalue weighted by Gasteiger charge is 2.16. The van der Waals surface area contributed by atoms with Gasteiger partial charge in [0.1, 0.15) is 5.69 Å². The Balaban J connectivity index is 2.14. The van der Waals surface area contributed by atoms with Crippen molar-refractivity contribution in [2.45, 2.75) is 6.54 Å². The van der Waals surface area contributed by atoms with Gasteiger partial charge in [-0.3, -0.25) is 4.79 Å². The fourth-order valence-corrected chi connectivity index (χ4v) is 2.88. The molecule has 1 aromatic heterocycles. The average molecular weight is 386 g/mol. The summed E-state index contributed by atoms with van der Waals surface area (Å²) >= 11 is 6.81. The fraction of sp³-hybridized carbons (Fsp3) is 0.214. The Hall–Kier alpha value is -1.07. The highest BCUT2D eigenvalue weighted by molar-refractivity contribution is 9.10. The van der Waals surface area contributed by atoms with Gasteiger partial charge in [-0.25, -0.2) is 0 Å². The van der Waals surface area contributed by atoms with Crippen LogP contribution in [-0.2, 0) is 13.6 Å². The minimum absolute atomic E-state index is 0.00757. The quantitative estimate of drug-likeness (QED) is 0.788. The van der Waals surface area contributed by atoms with E-state index < -0.39 is 0 Å². The molecule has 0 saturated carbocycles. The van der Waals surface area contributed by atoms with Crippen molar-refractivity contribution in [3.63, 3.8) is 0 Å². The molecule has 1 amide bonds. The smallest absolute Gasteiger partial charge is 0.270 e. The molecule has 5 heteroatoms. The first-order chi connectivity index (χ1) is 8.97. The Labute approximate surface area is 129 Å². The summed E-state index contributed by atoms with van der Waals surface area (Å²) in [5, 5.41) is 0. The topological polar surface area (TPSA) is 25.2 Å². The van der Waals surface area contributed by atoms with Crippen molar-refractivity contribution in [2.75, 3.05) is 7.05 Å². The molecule has 0 radical (unpaired) electrons. The molecule has 0 N–H and O–H groups in total. The summed E-state index contributed by atoms with van der Waals surface area (Å²) in [6.45, 7) is 0.584. The molecule has 0 unspecified atom stereocenters. The second kappa shape index (κ2) is 5.92. The number of hydrogen-bond acceptors (Lipinski definition) is 1. The number of amides is 1. The summed E-state index contributed by atoms with van der Waals surface area (Å²) in [6.07, 6.45) is 1.88. The van der Waals surface area contributed by atoms with Gasteiger partial charge in [-0.15, -0.1) is 0 Å². The summed E-state index contributed by atoms with van der Waals surface area (Å²) < 4.78 is 3.76. The van der Waals surface area contributed by atoms with Crippen LogP contribution in [0.25, 0.3) is 0 Å². The van der Waals surface area contributed by atoms with Gasteiger partial charge in [0, 0.05) is 35.8 Å². The van der Waals surface area contributed by atoms with Crippen LogP contribution in [0.4, 0.5) is 0 Å². The van der Waals surface area contributed by atoms with Crippen LogP contribution < -0.4 is 0 Å². The molecule has 0 atom stereocenters. The molecule has 1 aromatic carbocycles. The second-order valence-corrected chi connectivity index (χ2v) is 6.28. The zero-order valence-electron chi connectivity index (χ0n) is 10.7. The largest absolute Gasteiger partial charge is 0.345 e. The van der Waals surface area contributed by atoms with E-state index in [1.807, 2.05) is 55.2 Å². The monoisotopic (exact) mass is 384 g/mol. The lowest BCUT2D eigenvalue weighted by Crippen LogP contribution is -2.27. The Morgan fingerprint density at radius 1 is 1.26 bits per heavy atom. The molecule has 0 aliphatic rings. The van der Waals surface area contributed by atoms with Crippen LogP contribution in [0.3, 0.4) is 0 Å². The minimum atomic E-state index is 0.00757. The van der Waals surface area contributed by atoms with Gasteiger partial charge in [0.25, 0.3) is 5.91 Å². The molecule has 0 fully saturated rings. The van der Waals surface area contributed by atoms with E-state index >= 15 is 0 Å². The van der Waals surface area contributed by atoms with Gasteiger partial charge in [-0.05, 0) is 39.7 Å². The van der Waals surface area contributed by atoms with E-state index in [4.69, 9.17) is 0 Å². The van der Waals surface area contributed by atoms with Gasteiger partial charge in [-0.1, -0.05) is 28.1 Å². The van der Waals surface area contributed by atoms with Crippen LogP contribution >= 0.6 is 31.9 Å². The van der Waals surface area contributed by atoms with Crippen molar-refractivity contribution in [3.05, 3.63) is 56.7 Å². The number of benzene rings is 1. The molecule has 19 heavy (non-hydrogen) atoms. The number of nitrogens with zero attached hydrogens (tertiary/aromatic N) is 2. The number of carbonyl (C=O) groups is 1. The third kappa shape index (κ3) is 3.48. The van der Waals surface area contributed by atoms with Crippen molar-refractivity contribution in [3.8, 4) is 0 Å². The maximum Gasteiger partial charge on any atom is 0.270 e. The summed E-state index contributed by atoms with van der Waals surface area (Å²) in [5.74, 6) is 0.00757. The zero-order valence-corrected chi connectivity index (χ0v) is 13.9. The van der Waals surface area contributed by atoms with Crippen LogP contribution in [0.1, 0.15) is 16.1 Å². The average Bonchev–Trinajstić information content (AvgIpc) is 2.67. The highest BCUT2D eigenvalue weighted by Crippen LogP contribution is 2.17. The molecule has 0 bridgehead atoms. The van der Waals surface area contributed by atoms with Crippen molar-refractivity contribution in [2.24, 2.45) is 7.05 Å². The van der Waals surface area contributed by atoms with E-state index in [1.54, 1.807) is 4.90 Å². The predicted octanol–water partition coefficient (Wildman–Crippen LogP) is 3.82. The van der Waals surface area contributed by atoms with Gasteiger partial charge in [0.15, 0.2) is 0 Å². The van der Waals surface area contributed by atoms with Crippen molar-refractivity contribution < 1.29 is 4.79 Å². The number of aryl methyl sites for hydroxylation is 1. The number of halogens is 2. The molecule has 0 aliphatic heterocycles. The molecule has 3 nitrogen and oxygen atoms in total. The third-order valence-electron chi connectivity index (χ3n) is 2.85. The zero-order chi connectivity index (χ0) is 14.0. The van der Waals surface area contributed by atoms with E-state index in [9.17, 15) is 4.79 Å². The highest BCUT2D eigenvalue weighted by atomic mass is 79.9. The molecule has 0 aliphatic carbocycles. The van der Waals surface area contributed by atoms with Gasteiger partial charge in [0.2, 0.25) is 0 Å². The van der Waals surface area contributed by atoms with Crippen molar-refractivity contribution in [1.82, 2.24) is 9.47 Å². The lowest BCUT2D eigenvalue weighted by Gasteiger charge is -2.17. The predicted molar refractivity (Wildman–Crippen MR) is 83.1 cm³/mol. The SMILES string of the molecule is CN(Cc1cccc(Br)c1)C(=O)c1cc(Br)cn1C. The van der Waals surface area contributed by atoms with Crippen LogP contribution in [0, 0.1) is 0 Å². The van der Waals surface area contributed by atoms with Gasteiger partial charge >= 0.3 is 0 Å². The maximum absolute atomic E-state index is 12.3. The lowest BCUT2D eigenvalue weighted by molar-refractivity contribution is 0.0775.